The average Bonchev–Trinajstić information content (AvgIpc) is 3.22. The zero-order valence-electron chi connectivity index (χ0n) is 15.9. The first-order chi connectivity index (χ1) is 13.7. The minimum atomic E-state index is -1.06. The second kappa shape index (κ2) is 7.89. The topological polar surface area (TPSA) is 40.5 Å². The van der Waals surface area contributed by atoms with E-state index in [2.05, 4.69) is 17.0 Å². The summed E-state index contributed by atoms with van der Waals surface area (Å²) in [5.41, 5.74) is 1.79. The molecule has 1 saturated heterocycles. The molecule has 1 unspecified atom stereocenters. The van der Waals surface area contributed by atoms with Gasteiger partial charge < -0.3 is 10.0 Å². The predicted octanol–water partition coefficient (Wildman–Crippen LogP) is 5.12. The van der Waals surface area contributed by atoms with Crippen LogP contribution in [0.15, 0.2) is 91.0 Å². The minimum absolute atomic E-state index is 0.180. The summed E-state index contributed by atoms with van der Waals surface area (Å²) in [5.74, 6) is -0.787. The Morgan fingerprint density at radius 3 is 1.86 bits per heavy atom. The first kappa shape index (κ1) is 18.3. The monoisotopic (exact) mass is 371 g/mol. The number of anilines is 1. The lowest BCUT2D eigenvalue weighted by Gasteiger charge is -2.37. The lowest BCUT2D eigenvalue weighted by Crippen LogP contribution is -2.44. The van der Waals surface area contributed by atoms with Gasteiger partial charge in [-0.05, 0) is 42.5 Å². The second-order valence-corrected chi connectivity index (χ2v) is 7.47. The molecule has 142 valence electrons. The summed E-state index contributed by atoms with van der Waals surface area (Å²) < 4.78 is 0. The summed E-state index contributed by atoms with van der Waals surface area (Å²) in [6.45, 7) is 0.966. The first-order valence-corrected chi connectivity index (χ1v) is 9.88. The number of aliphatic carboxylic acids is 1. The molecule has 0 bridgehead atoms. The van der Waals surface area contributed by atoms with Crippen LogP contribution in [0.4, 0.5) is 5.69 Å². The highest BCUT2D eigenvalue weighted by Gasteiger charge is 2.45. The summed E-state index contributed by atoms with van der Waals surface area (Å²) in [6, 6.07) is 29.9. The molecule has 1 fully saturated rings. The number of carboxylic acid groups (broad SMARTS) is 1. The summed E-state index contributed by atoms with van der Waals surface area (Å²) in [6.07, 6.45) is 2.63. The van der Waals surface area contributed by atoms with Crippen molar-refractivity contribution in [3.05, 3.63) is 102 Å². The molecule has 1 atom stereocenters. The molecular weight excluding hydrogens is 346 g/mol. The molecule has 3 nitrogen and oxygen atoms in total. The van der Waals surface area contributed by atoms with E-state index in [0.717, 1.165) is 30.5 Å². The Balaban J connectivity index is 1.79. The highest BCUT2D eigenvalue weighted by molar-refractivity contribution is 5.86. The smallest absolute Gasteiger partial charge is 0.318 e. The molecule has 3 heteroatoms. The molecule has 0 radical (unpaired) electrons. The lowest BCUT2D eigenvalue weighted by atomic mass is 9.70. The van der Waals surface area contributed by atoms with Gasteiger partial charge in [-0.15, -0.1) is 0 Å². The van der Waals surface area contributed by atoms with Crippen molar-refractivity contribution in [2.75, 3.05) is 11.4 Å². The number of nitrogens with zero attached hydrogens (tertiary/aromatic N) is 1. The van der Waals surface area contributed by atoms with Gasteiger partial charge >= 0.3 is 5.97 Å². The summed E-state index contributed by atoms with van der Waals surface area (Å²) in [4.78, 5) is 15.2. The Hall–Kier alpha value is -3.07. The summed E-state index contributed by atoms with van der Waals surface area (Å²) in [5, 5.41) is 10.5. The van der Waals surface area contributed by atoms with E-state index in [4.69, 9.17) is 0 Å². The fourth-order valence-corrected chi connectivity index (χ4v) is 4.54. The van der Waals surface area contributed by atoms with Gasteiger partial charge in [0.1, 0.15) is 5.41 Å². The van der Waals surface area contributed by atoms with Crippen LogP contribution in [0, 0.1) is 0 Å². The molecule has 1 heterocycles. The van der Waals surface area contributed by atoms with Crippen LogP contribution in [0.2, 0.25) is 0 Å². The van der Waals surface area contributed by atoms with Gasteiger partial charge in [-0.3, -0.25) is 4.79 Å². The number of para-hydroxylation sites is 1. The predicted molar refractivity (Wildman–Crippen MR) is 113 cm³/mol. The molecule has 28 heavy (non-hydrogen) atoms. The molecule has 3 aromatic carbocycles. The van der Waals surface area contributed by atoms with Crippen LogP contribution in [-0.4, -0.2) is 23.7 Å². The normalized spacial score (nSPS) is 16.9. The van der Waals surface area contributed by atoms with E-state index >= 15 is 0 Å². The Kier molecular flexibility index (Phi) is 5.16. The molecule has 0 saturated carbocycles. The SMILES string of the molecule is O=C(O)C(CC1CCCN1c1ccccc1)(c1ccccc1)c1ccccc1. The van der Waals surface area contributed by atoms with Crippen LogP contribution >= 0.6 is 0 Å². The standard InChI is InChI=1S/C25H25NO2/c27-24(28)25(20-11-4-1-5-12-20,21-13-6-2-7-14-21)19-23-17-10-18-26(23)22-15-8-3-9-16-22/h1-9,11-16,23H,10,17-19H2,(H,27,28). The molecular formula is C25H25NO2. The van der Waals surface area contributed by atoms with Crippen molar-refractivity contribution in [1.29, 1.82) is 0 Å². The van der Waals surface area contributed by atoms with Crippen molar-refractivity contribution in [2.24, 2.45) is 0 Å². The van der Waals surface area contributed by atoms with Crippen molar-refractivity contribution in [2.45, 2.75) is 30.7 Å². The van der Waals surface area contributed by atoms with E-state index < -0.39 is 11.4 Å². The molecule has 4 rings (SSSR count). The van der Waals surface area contributed by atoms with E-state index in [9.17, 15) is 9.90 Å². The van der Waals surface area contributed by atoms with E-state index in [-0.39, 0.29) is 6.04 Å². The van der Waals surface area contributed by atoms with E-state index in [1.54, 1.807) is 0 Å². The van der Waals surface area contributed by atoms with Crippen molar-refractivity contribution in [1.82, 2.24) is 0 Å². The van der Waals surface area contributed by atoms with Crippen LogP contribution in [0.5, 0.6) is 0 Å². The highest BCUT2D eigenvalue weighted by atomic mass is 16.4. The molecule has 1 N–H and O–H groups in total. The van der Waals surface area contributed by atoms with Gasteiger partial charge in [0.2, 0.25) is 0 Å². The van der Waals surface area contributed by atoms with Crippen LogP contribution < -0.4 is 4.90 Å². The van der Waals surface area contributed by atoms with Crippen LogP contribution in [0.1, 0.15) is 30.4 Å². The number of rotatable bonds is 6. The van der Waals surface area contributed by atoms with Gasteiger partial charge in [0.15, 0.2) is 0 Å². The highest BCUT2D eigenvalue weighted by Crippen LogP contribution is 2.41. The van der Waals surface area contributed by atoms with Crippen LogP contribution in [0.3, 0.4) is 0 Å². The van der Waals surface area contributed by atoms with Gasteiger partial charge in [0.25, 0.3) is 0 Å². The van der Waals surface area contributed by atoms with Crippen molar-refractivity contribution in [3.63, 3.8) is 0 Å². The number of benzene rings is 3. The zero-order chi connectivity index (χ0) is 19.4. The molecule has 0 aliphatic carbocycles. The maximum atomic E-state index is 12.8. The number of carbonyl (C=O) groups is 1. The maximum Gasteiger partial charge on any atom is 0.318 e. The van der Waals surface area contributed by atoms with Crippen molar-refractivity contribution in [3.8, 4) is 0 Å². The molecule has 1 aliphatic heterocycles. The molecule has 0 aromatic heterocycles. The fourth-order valence-electron chi connectivity index (χ4n) is 4.54. The van der Waals surface area contributed by atoms with E-state index in [1.165, 1.54) is 5.69 Å². The third kappa shape index (κ3) is 3.29. The van der Waals surface area contributed by atoms with Gasteiger partial charge in [-0.1, -0.05) is 78.9 Å². The van der Waals surface area contributed by atoms with Gasteiger partial charge in [0.05, 0.1) is 0 Å². The van der Waals surface area contributed by atoms with Crippen molar-refractivity contribution < 1.29 is 9.90 Å². The number of carboxylic acids is 1. The van der Waals surface area contributed by atoms with Gasteiger partial charge in [0, 0.05) is 18.3 Å². The van der Waals surface area contributed by atoms with Crippen LogP contribution in [-0.2, 0) is 10.2 Å². The van der Waals surface area contributed by atoms with Gasteiger partial charge in [-0.25, -0.2) is 0 Å². The Labute approximate surface area is 166 Å². The lowest BCUT2D eigenvalue weighted by molar-refractivity contribution is -0.142. The van der Waals surface area contributed by atoms with Crippen molar-refractivity contribution >= 4 is 11.7 Å². The second-order valence-electron chi connectivity index (χ2n) is 7.47. The number of hydrogen-bond acceptors (Lipinski definition) is 2. The van der Waals surface area contributed by atoms with Crippen LogP contribution in [0.25, 0.3) is 0 Å². The van der Waals surface area contributed by atoms with E-state index in [0.29, 0.717) is 6.42 Å². The summed E-state index contributed by atoms with van der Waals surface area (Å²) in [7, 11) is 0. The average molecular weight is 371 g/mol. The molecule has 0 amide bonds. The molecule has 0 spiro atoms. The minimum Gasteiger partial charge on any atom is -0.480 e. The maximum absolute atomic E-state index is 12.8. The molecule has 1 aliphatic rings. The fraction of sp³-hybridized carbons (Fsp3) is 0.240. The first-order valence-electron chi connectivity index (χ1n) is 9.88. The Bertz CT molecular complexity index is 870. The third-order valence-corrected chi connectivity index (χ3v) is 5.91. The largest absolute Gasteiger partial charge is 0.480 e. The number of hydrogen-bond donors (Lipinski definition) is 1. The zero-order valence-corrected chi connectivity index (χ0v) is 15.9. The third-order valence-electron chi connectivity index (χ3n) is 5.91. The summed E-state index contributed by atoms with van der Waals surface area (Å²) >= 11 is 0. The quantitative estimate of drug-likeness (QED) is 0.654. The Morgan fingerprint density at radius 1 is 0.857 bits per heavy atom. The van der Waals surface area contributed by atoms with E-state index in [1.807, 2.05) is 78.9 Å². The van der Waals surface area contributed by atoms with Gasteiger partial charge in [-0.2, -0.15) is 0 Å². The molecule has 3 aromatic rings. The Morgan fingerprint density at radius 2 is 1.36 bits per heavy atom.